The first kappa shape index (κ1) is 17.2. The molecule has 0 atom stereocenters. The minimum absolute atomic E-state index is 0.688. The van der Waals surface area contributed by atoms with Crippen molar-refractivity contribution in [1.82, 2.24) is 10.3 Å². The minimum Gasteiger partial charge on any atom is -0.354 e. The Kier molecular flexibility index (Phi) is 5.24. The summed E-state index contributed by atoms with van der Waals surface area (Å²) in [6.45, 7) is 2.25. The highest BCUT2D eigenvalue weighted by Gasteiger charge is 2.15. The number of benzene rings is 2. The Morgan fingerprint density at radius 2 is 1.84 bits per heavy atom. The van der Waals surface area contributed by atoms with E-state index in [2.05, 4.69) is 84.5 Å². The van der Waals surface area contributed by atoms with E-state index in [-0.39, 0.29) is 0 Å². The summed E-state index contributed by atoms with van der Waals surface area (Å²) in [6, 6.07) is 15.1. The maximum absolute atomic E-state index is 4.53. The van der Waals surface area contributed by atoms with E-state index in [9.17, 15) is 0 Å². The Morgan fingerprint density at radius 3 is 2.60 bits per heavy atom. The van der Waals surface area contributed by atoms with E-state index >= 15 is 0 Å². The number of rotatable bonds is 3. The standard InChI is InChI=1S/C20H19BrIN3/c21-15-3-6-19-17(11-15)20(18(22)12-24-19)25-16-4-1-13(2-5-16)14-7-9-23-10-8-14/h1-6,11-12,14,23H,7-10H2,(H,24,25). The third kappa shape index (κ3) is 3.83. The van der Waals surface area contributed by atoms with Gasteiger partial charge in [-0.25, -0.2) is 0 Å². The zero-order valence-electron chi connectivity index (χ0n) is 13.7. The Balaban J connectivity index is 1.62. The van der Waals surface area contributed by atoms with E-state index in [4.69, 9.17) is 0 Å². The second-order valence-corrected chi connectivity index (χ2v) is 8.49. The third-order valence-electron chi connectivity index (χ3n) is 4.77. The number of halogens is 2. The first-order chi connectivity index (χ1) is 12.2. The maximum Gasteiger partial charge on any atom is 0.0724 e. The second kappa shape index (κ2) is 7.60. The van der Waals surface area contributed by atoms with Gasteiger partial charge in [-0.05, 0) is 90.3 Å². The molecule has 1 aromatic heterocycles. The first-order valence-corrected chi connectivity index (χ1v) is 10.4. The molecule has 0 saturated carbocycles. The number of nitrogens with one attached hydrogen (secondary N) is 2. The highest BCUT2D eigenvalue weighted by atomic mass is 127. The van der Waals surface area contributed by atoms with Crippen LogP contribution in [0.5, 0.6) is 0 Å². The van der Waals surface area contributed by atoms with Gasteiger partial charge >= 0.3 is 0 Å². The highest BCUT2D eigenvalue weighted by molar-refractivity contribution is 14.1. The second-order valence-electron chi connectivity index (χ2n) is 6.41. The molecule has 2 heterocycles. The number of anilines is 2. The molecule has 1 fully saturated rings. The molecular formula is C20H19BrIN3. The van der Waals surface area contributed by atoms with E-state index < -0.39 is 0 Å². The number of piperidine rings is 1. The lowest BCUT2D eigenvalue weighted by molar-refractivity contribution is 0.460. The summed E-state index contributed by atoms with van der Waals surface area (Å²) in [4.78, 5) is 4.53. The van der Waals surface area contributed by atoms with Crippen molar-refractivity contribution in [3.8, 4) is 0 Å². The van der Waals surface area contributed by atoms with Crippen molar-refractivity contribution in [3.05, 3.63) is 62.3 Å². The summed E-state index contributed by atoms with van der Waals surface area (Å²) >= 11 is 5.91. The molecule has 0 radical (unpaired) electrons. The Bertz CT molecular complexity index is 884. The van der Waals surface area contributed by atoms with Gasteiger partial charge in [0.2, 0.25) is 0 Å². The molecular weight excluding hydrogens is 489 g/mol. The maximum atomic E-state index is 4.53. The molecule has 1 aliphatic heterocycles. The van der Waals surface area contributed by atoms with Crippen LogP contribution in [0.1, 0.15) is 24.3 Å². The lowest BCUT2D eigenvalue weighted by atomic mass is 9.90. The van der Waals surface area contributed by atoms with Crippen LogP contribution in [0.15, 0.2) is 53.1 Å². The fourth-order valence-corrected chi connectivity index (χ4v) is 4.33. The lowest BCUT2D eigenvalue weighted by Gasteiger charge is -2.23. The minimum atomic E-state index is 0.688. The van der Waals surface area contributed by atoms with Gasteiger partial charge in [0, 0.05) is 21.7 Å². The third-order valence-corrected chi connectivity index (χ3v) is 6.09. The lowest BCUT2D eigenvalue weighted by Crippen LogP contribution is -2.26. The predicted molar refractivity (Wildman–Crippen MR) is 117 cm³/mol. The number of hydrogen-bond acceptors (Lipinski definition) is 3. The monoisotopic (exact) mass is 507 g/mol. The zero-order valence-corrected chi connectivity index (χ0v) is 17.5. The number of aromatic nitrogens is 1. The van der Waals surface area contributed by atoms with Crippen molar-refractivity contribution in [1.29, 1.82) is 0 Å². The van der Waals surface area contributed by atoms with Gasteiger partial charge in [-0.2, -0.15) is 0 Å². The number of fused-ring (bicyclic) bond motifs is 1. The summed E-state index contributed by atoms with van der Waals surface area (Å²) in [7, 11) is 0. The number of nitrogens with zero attached hydrogens (tertiary/aromatic N) is 1. The van der Waals surface area contributed by atoms with Gasteiger partial charge in [-0.15, -0.1) is 0 Å². The Labute approximate surface area is 169 Å². The molecule has 0 bridgehead atoms. The fourth-order valence-electron chi connectivity index (χ4n) is 3.41. The summed E-state index contributed by atoms with van der Waals surface area (Å²) in [5, 5.41) is 8.15. The molecule has 3 aromatic rings. The van der Waals surface area contributed by atoms with Crippen LogP contribution in [-0.4, -0.2) is 18.1 Å². The van der Waals surface area contributed by atoms with E-state index in [0.717, 1.165) is 43.4 Å². The molecule has 2 N–H and O–H groups in total. The van der Waals surface area contributed by atoms with Crippen LogP contribution in [-0.2, 0) is 0 Å². The molecule has 0 amide bonds. The predicted octanol–water partition coefficient (Wildman–Crippen LogP) is 5.81. The Hall–Kier alpha value is -1.18. The largest absolute Gasteiger partial charge is 0.354 e. The fraction of sp³-hybridized carbons (Fsp3) is 0.250. The van der Waals surface area contributed by atoms with Crippen molar-refractivity contribution in [2.45, 2.75) is 18.8 Å². The first-order valence-electron chi connectivity index (χ1n) is 8.52. The van der Waals surface area contributed by atoms with E-state index in [0.29, 0.717) is 5.92 Å². The molecule has 3 nitrogen and oxygen atoms in total. The summed E-state index contributed by atoms with van der Waals surface area (Å²) in [5.74, 6) is 0.688. The van der Waals surface area contributed by atoms with Gasteiger partial charge < -0.3 is 10.6 Å². The number of pyridine rings is 1. The summed E-state index contributed by atoms with van der Waals surface area (Å²) < 4.78 is 2.18. The summed E-state index contributed by atoms with van der Waals surface area (Å²) in [6.07, 6.45) is 4.38. The summed E-state index contributed by atoms with van der Waals surface area (Å²) in [5.41, 5.74) is 4.67. The van der Waals surface area contributed by atoms with Gasteiger partial charge in [-0.3, -0.25) is 4.98 Å². The van der Waals surface area contributed by atoms with E-state index in [1.807, 2.05) is 18.3 Å². The van der Waals surface area contributed by atoms with E-state index in [1.165, 1.54) is 18.4 Å². The van der Waals surface area contributed by atoms with Crippen LogP contribution in [0.2, 0.25) is 0 Å². The quantitative estimate of drug-likeness (QED) is 0.439. The van der Waals surface area contributed by atoms with Gasteiger partial charge in [0.25, 0.3) is 0 Å². The average molecular weight is 508 g/mol. The van der Waals surface area contributed by atoms with Crippen LogP contribution in [0.25, 0.3) is 10.9 Å². The molecule has 4 rings (SSSR count). The van der Waals surface area contributed by atoms with Crippen LogP contribution >= 0.6 is 38.5 Å². The van der Waals surface area contributed by atoms with Crippen LogP contribution < -0.4 is 10.6 Å². The van der Waals surface area contributed by atoms with Gasteiger partial charge in [0.05, 0.1) is 14.8 Å². The smallest absolute Gasteiger partial charge is 0.0724 e. The van der Waals surface area contributed by atoms with Crippen molar-refractivity contribution < 1.29 is 0 Å². The number of hydrogen-bond donors (Lipinski definition) is 2. The molecule has 128 valence electrons. The van der Waals surface area contributed by atoms with Gasteiger partial charge in [-0.1, -0.05) is 28.1 Å². The van der Waals surface area contributed by atoms with Crippen molar-refractivity contribution in [3.63, 3.8) is 0 Å². The molecule has 2 aromatic carbocycles. The van der Waals surface area contributed by atoms with Crippen LogP contribution in [0, 0.1) is 3.57 Å². The zero-order chi connectivity index (χ0) is 17.2. The molecule has 0 spiro atoms. The molecule has 1 aliphatic rings. The van der Waals surface area contributed by atoms with Crippen molar-refractivity contribution in [2.24, 2.45) is 0 Å². The molecule has 1 saturated heterocycles. The van der Waals surface area contributed by atoms with Crippen LogP contribution in [0.3, 0.4) is 0 Å². The van der Waals surface area contributed by atoms with Crippen LogP contribution in [0.4, 0.5) is 11.4 Å². The molecule has 0 aliphatic carbocycles. The van der Waals surface area contributed by atoms with Crippen molar-refractivity contribution >= 4 is 60.8 Å². The van der Waals surface area contributed by atoms with Gasteiger partial charge in [0.15, 0.2) is 0 Å². The Morgan fingerprint density at radius 1 is 1.08 bits per heavy atom. The molecule has 25 heavy (non-hydrogen) atoms. The van der Waals surface area contributed by atoms with Crippen molar-refractivity contribution in [2.75, 3.05) is 18.4 Å². The molecule has 0 unspecified atom stereocenters. The average Bonchev–Trinajstić information content (AvgIpc) is 2.65. The SMILES string of the molecule is Brc1ccc2ncc(I)c(Nc3ccc(C4CCNCC4)cc3)c2c1. The molecule has 5 heteroatoms. The van der Waals surface area contributed by atoms with E-state index in [1.54, 1.807) is 0 Å². The normalized spacial score (nSPS) is 15.4. The topological polar surface area (TPSA) is 37.0 Å². The highest BCUT2D eigenvalue weighted by Crippen LogP contribution is 2.33. The van der Waals surface area contributed by atoms with Gasteiger partial charge in [0.1, 0.15) is 0 Å².